The molecule has 54 heavy (non-hydrogen) atoms. The van der Waals surface area contributed by atoms with Crippen LogP contribution in [0.25, 0.3) is 11.3 Å². The van der Waals surface area contributed by atoms with E-state index in [1.165, 1.54) is 19.2 Å². The summed E-state index contributed by atoms with van der Waals surface area (Å²) in [5, 5.41) is 33.0. The highest BCUT2D eigenvalue weighted by Crippen LogP contribution is 2.33. The van der Waals surface area contributed by atoms with Crippen molar-refractivity contribution < 1.29 is 69.4 Å². The Balaban J connectivity index is 0.00000102. The Kier molecular flexibility index (Phi) is 13.5. The van der Waals surface area contributed by atoms with Crippen molar-refractivity contribution in [2.45, 2.75) is 50.7 Å². The summed E-state index contributed by atoms with van der Waals surface area (Å²) in [4.78, 5) is 55.7. The van der Waals surface area contributed by atoms with E-state index in [0.29, 0.717) is 29.5 Å². The number of hydroxylamine groups is 2. The highest BCUT2D eigenvalue weighted by Gasteiger charge is 2.58. The number of carbonyl (C=O) groups is 4. The Labute approximate surface area is 306 Å². The van der Waals surface area contributed by atoms with E-state index in [-0.39, 0.29) is 10.8 Å². The van der Waals surface area contributed by atoms with E-state index < -0.39 is 70.3 Å². The zero-order valence-electron chi connectivity index (χ0n) is 28.3. The van der Waals surface area contributed by atoms with Gasteiger partial charge in [-0.1, -0.05) is 5.16 Å². The molecule has 1 fully saturated rings. The number of nitrogen functional groups attached to an aromatic ring is 1. The minimum Gasteiger partial charge on any atom is -0.489 e. The molecule has 0 aliphatic carbocycles. The number of β-lactam (4-membered cyclic amide) rings is 1. The van der Waals surface area contributed by atoms with Crippen LogP contribution in [-0.2, 0) is 52.3 Å². The highest BCUT2D eigenvalue weighted by atomic mass is 32.3. The number of benzene rings is 1. The van der Waals surface area contributed by atoms with Gasteiger partial charge in [0, 0.05) is 25.2 Å². The van der Waals surface area contributed by atoms with Crippen molar-refractivity contribution in [1.29, 1.82) is 5.41 Å². The third-order valence-electron chi connectivity index (χ3n) is 7.27. The van der Waals surface area contributed by atoms with Gasteiger partial charge in [0.05, 0.1) is 11.2 Å². The van der Waals surface area contributed by atoms with Crippen LogP contribution in [0.2, 0.25) is 0 Å². The molecule has 0 radical (unpaired) electrons. The van der Waals surface area contributed by atoms with Gasteiger partial charge in [-0.25, -0.2) is 14.6 Å². The molecule has 3 aromatic rings. The van der Waals surface area contributed by atoms with E-state index in [4.69, 9.17) is 40.9 Å². The van der Waals surface area contributed by atoms with Gasteiger partial charge in [-0.15, -0.1) is 15.6 Å². The Hall–Kier alpha value is -5.57. The lowest BCUT2D eigenvalue weighted by atomic mass is 9.84. The summed E-state index contributed by atoms with van der Waals surface area (Å²) in [5.74, 6) is -5.95. The molecule has 9 N–H and O–H groups in total. The molecule has 21 nitrogen and oxygen atoms in total. The first-order valence-corrected chi connectivity index (χ1v) is 17.3. The first-order chi connectivity index (χ1) is 25.0. The SMILES string of the molecule is Cn1c(-c2ccc(OCC(ON=C(C(=O)NC3C(=O)N(OS(=O)(=O)O)C3(C)C)c3csc(N)n3)C(=O)O)cc2)cn(CCCN)c1=N.O=C(O)C(F)(F)F. The molecule has 4 rings (SSSR count). The molecule has 1 aromatic carbocycles. The largest absolute Gasteiger partial charge is 0.490 e. The number of ether oxygens (including phenoxy) is 1. The van der Waals surface area contributed by atoms with Crippen molar-refractivity contribution in [2.75, 3.05) is 18.9 Å². The zero-order valence-corrected chi connectivity index (χ0v) is 29.9. The third kappa shape index (κ3) is 10.7. The summed E-state index contributed by atoms with van der Waals surface area (Å²) in [6, 6.07) is 5.38. The lowest BCUT2D eigenvalue weighted by Crippen LogP contribution is -2.76. The van der Waals surface area contributed by atoms with Crippen LogP contribution < -0.4 is 27.1 Å². The van der Waals surface area contributed by atoms with Crippen molar-refractivity contribution in [3.8, 4) is 17.0 Å². The number of oxime groups is 1. The molecule has 2 unspecified atom stereocenters. The van der Waals surface area contributed by atoms with Crippen LogP contribution in [0.15, 0.2) is 41.0 Å². The molecule has 0 spiro atoms. The van der Waals surface area contributed by atoms with Crippen LogP contribution in [0, 0.1) is 5.41 Å². The van der Waals surface area contributed by atoms with Crippen molar-refractivity contribution in [2.24, 2.45) is 17.9 Å². The van der Waals surface area contributed by atoms with Gasteiger partial charge in [-0.2, -0.15) is 26.7 Å². The number of nitrogens with zero attached hydrogens (tertiary/aromatic N) is 5. The topological polar surface area (TPSA) is 317 Å². The Bertz CT molecular complexity index is 2060. The first-order valence-electron chi connectivity index (χ1n) is 15.0. The first kappa shape index (κ1) is 42.8. The van der Waals surface area contributed by atoms with Gasteiger partial charge in [-0.05, 0) is 56.6 Å². The van der Waals surface area contributed by atoms with Gasteiger partial charge < -0.3 is 45.7 Å². The average molecular weight is 810 g/mol. The van der Waals surface area contributed by atoms with E-state index in [9.17, 15) is 41.1 Å². The number of halogens is 3. The number of aliphatic carboxylic acids is 2. The predicted molar refractivity (Wildman–Crippen MR) is 179 cm³/mol. The standard InChI is InChI=1S/C26H33N9O10S2.C2HF3O2/c1-26(2)20(22(37)35(26)45-47(40,41)42)31-21(36)19(16-13-46-24(28)30-16)32-44-18(23(38)39)12-43-15-7-5-14(6-8-15)17-11-34(10-4-9-27)25(29)33(17)3;3-2(4,5)1(6)7/h5-8,11,13,18,20,29H,4,9-10,12,27H2,1-3H3,(H2,28,30)(H,31,36)(H,38,39)(H,40,41,42);(H,6,7). The van der Waals surface area contributed by atoms with E-state index in [1.54, 1.807) is 40.4 Å². The van der Waals surface area contributed by atoms with Gasteiger partial charge >= 0.3 is 28.5 Å². The van der Waals surface area contributed by atoms with Crippen LogP contribution in [0.5, 0.6) is 5.75 Å². The number of anilines is 1. The second kappa shape index (κ2) is 17.1. The molecule has 3 heterocycles. The summed E-state index contributed by atoms with van der Waals surface area (Å²) in [6.45, 7) is 3.29. The minimum absolute atomic E-state index is 0.0505. The summed E-state index contributed by atoms with van der Waals surface area (Å²) in [5.41, 5.74) is 11.1. The normalized spacial score (nSPS) is 16.1. The fraction of sp³-hybridized carbons (Fsp3) is 0.393. The predicted octanol–water partition coefficient (Wildman–Crippen LogP) is 0.0868. The number of carboxylic acids is 2. The van der Waals surface area contributed by atoms with E-state index in [1.807, 2.05) is 6.20 Å². The number of alkyl halides is 3. The lowest BCUT2D eigenvalue weighted by molar-refractivity contribution is -0.218. The number of nitrogens with one attached hydrogen (secondary N) is 2. The number of hydrogen-bond donors (Lipinski definition) is 7. The number of aryl methyl sites for hydroxylation is 1. The Morgan fingerprint density at radius 3 is 2.30 bits per heavy atom. The second-order valence-corrected chi connectivity index (χ2v) is 13.4. The quantitative estimate of drug-likeness (QED) is 0.0463. The number of amides is 2. The molecule has 26 heteroatoms. The number of thiazole rings is 1. The van der Waals surface area contributed by atoms with Crippen LogP contribution in [0.1, 0.15) is 26.0 Å². The van der Waals surface area contributed by atoms with Gasteiger partial charge in [0.2, 0.25) is 5.62 Å². The monoisotopic (exact) mass is 809 g/mol. The smallest absolute Gasteiger partial charge is 0.489 e. The second-order valence-electron chi connectivity index (χ2n) is 11.5. The minimum atomic E-state index is -5.08. The number of rotatable bonds is 15. The maximum Gasteiger partial charge on any atom is 0.490 e. The number of aromatic nitrogens is 3. The summed E-state index contributed by atoms with van der Waals surface area (Å²) < 4.78 is 76.3. The fourth-order valence-corrected chi connectivity index (χ4v) is 5.48. The van der Waals surface area contributed by atoms with E-state index in [0.717, 1.165) is 29.0 Å². The maximum atomic E-state index is 13.2. The molecular weight excluding hydrogens is 775 g/mol. The van der Waals surface area contributed by atoms with Crippen LogP contribution >= 0.6 is 11.3 Å². The summed E-state index contributed by atoms with van der Waals surface area (Å²) in [6.07, 6.45) is -4.22. The molecule has 1 aliphatic heterocycles. The third-order valence-corrected chi connectivity index (χ3v) is 8.29. The highest BCUT2D eigenvalue weighted by molar-refractivity contribution is 7.80. The Morgan fingerprint density at radius 1 is 1.20 bits per heavy atom. The molecule has 2 amide bonds. The maximum absolute atomic E-state index is 13.2. The zero-order chi connectivity index (χ0) is 40.8. The molecule has 296 valence electrons. The molecular formula is C28H34F3N9O12S2. The average Bonchev–Trinajstić information content (AvgIpc) is 3.63. The molecule has 0 saturated carbocycles. The molecule has 2 aromatic heterocycles. The van der Waals surface area contributed by atoms with Gasteiger partial charge in [0.1, 0.15) is 24.1 Å². The summed E-state index contributed by atoms with van der Waals surface area (Å²) >= 11 is 0.951. The van der Waals surface area contributed by atoms with Crippen molar-refractivity contribution >= 4 is 56.3 Å². The van der Waals surface area contributed by atoms with E-state index in [2.05, 4.69) is 19.7 Å². The number of imidazole rings is 1. The van der Waals surface area contributed by atoms with Crippen LogP contribution in [-0.4, -0.2) is 109 Å². The number of hydrogen-bond acceptors (Lipinski definition) is 15. The molecule has 1 aliphatic rings. The van der Waals surface area contributed by atoms with Crippen molar-refractivity contribution in [3.63, 3.8) is 0 Å². The van der Waals surface area contributed by atoms with Gasteiger partial charge in [0.15, 0.2) is 10.8 Å². The van der Waals surface area contributed by atoms with Crippen molar-refractivity contribution in [3.05, 3.63) is 47.2 Å². The number of carbonyl (C=O) groups excluding carboxylic acids is 2. The van der Waals surface area contributed by atoms with E-state index >= 15 is 0 Å². The number of nitrogens with two attached hydrogens (primary N) is 2. The molecule has 1 saturated heterocycles. The molecule has 2 atom stereocenters. The Morgan fingerprint density at radius 2 is 1.81 bits per heavy atom. The van der Waals surface area contributed by atoms with Crippen LogP contribution in [0.4, 0.5) is 18.3 Å². The fourth-order valence-electron chi connectivity index (χ4n) is 4.48. The van der Waals surface area contributed by atoms with Gasteiger partial charge in [0.25, 0.3) is 17.9 Å². The molecule has 0 bridgehead atoms. The van der Waals surface area contributed by atoms with Crippen molar-refractivity contribution in [1.82, 2.24) is 24.5 Å². The van der Waals surface area contributed by atoms with Crippen LogP contribution in [0.3, 0.4) is 0 Å². The lowest BCUT2D eigenvalue weighted by Gasteiger charge is -2.50. The van der Waals surface area contributed by atoms with Gasteiger partial charge in [-0.3, -0.25) is 19.6 Å². The number of carboxylic acid groups (broad SMARTS) is 2. The summed E-state index contributed by atoms with van der Waals surface area (Å²) in [7, 11) is -3.26.